The number of para-hydroxylation sites is 2. The SMILES string of the molecule is Cc1c(NC(=O)C(C)OC(=O)c2c3c(nc4ccccc24)CCCC3)c(=O)n(-c2ccccc2)n1C. The Kier molecular flexibility index (Phi) is 6.18. The molecule has 1 atom stereocenters. The van der Waals surface area contributed by atoms with Crippen LogP contribution in [0.25, 0.3) is 16.6 Å². The standard InChI is InChI=1S/C28H28N4O4/c1-17-25(27(34)32(31(17)3)19-11-5-4-6-12-19)30-26(33)18(2)36-28(35)24-20-13-7-9-15-22(20)29-23-16-10-8-14-21(23)24/h4-7,9,11-13,15,18H,8,10,14,16H2,1-3H3,(H,30,33). The predicted octanol–water partition coefficient (Wildman–Crippen LogP) is 4.10. The Bertz CT molecular complexity index is 1530. The average Bonchev–Trinajstić information content (AvgIpc) is 3.10. The highest BCUT2D eigenvalue weighted by molar-refractivity contribution is 6.06. The van der Waals surface area contributed by atoms with Gasteiger partial charge in [-0.3, -0.25) is 19.3 Å². The number of rotatable bonds is 5. The summed E-state index contributed by atoms with van der Waals surface area (Å²) in [7, 11) is 1.75. The molecular formula is C28H28N4O4. The first-order chi connectivity index (χ1) is 17.4. The number of nitrogens with zero attached hydrogens (tertiary/aromatic N) is 3. The molecule has 0 aliphatic heterocycles. The van der Waals surface area contributed by atoms with Crippen LogP contribution in [0, 0.1) is 6.92 Å². The normalized spacial score (nSPS) is 13.8. The highest BCUT2D eigenvalue weighted by atomic mass is 16.5. The third kappa shape index (κ3) is 4.08. The highest BCUT2D eigenvalue weighted by Crippen LogP contribution is 2.30. The molecule has 4 aromatic rings. The van der Waals surface area contributed by atoms with Crippen LogP contribution in [0.3, 0.4) is 0 Å². The zero-order valence-electron chi connectivity index (χ0n) is 20.6. The number of hydrogen-bond donors (Lipinski definition) is 1. The molecule has 0 radical (unpaired) electrons. The van der Waals surface area contributed by atoms with Crippen LogP contribution in [0.4, 0.5) is 5.69 Å². The van der Waals surface area contributed by atoms with Gasteiger partial charge in [-0.05, 0) is 63.3 Å². The maximum atomic E-state index is 13.4. The summed E-state index contributed by atoms with van der Waals surface area (Å²) in [4.78, 5) is 44.3. The topological polar surface area (TPSA) is 95.2 Å². The summed E-state index contributed by atoms with van der Waals surface area (Å²) < 4.78 is 8.81. The van der Waals surface area contributed by atoms with Gasteiger partial charge >= 0.3 is 5.97 Å². The molecular weight excluding hydrogens is 456 g/mol. The predicted molar refractivity (Wildman–Crippen MR) is 138 cm³/mol. The Hall–Kier alpha value is -4.20. The third-order valence-corrected chi connectivity index (χ3v) is 6.83. The van der Waals surface area contributed by atoms with Crippen LogP contribution in [-0.4, -0.2) is 32.3 Å². The molecule has 8 nitrogen and oxygen atoms in total. The number of anilines is 1. The van der Waals surface area contributed by atoms with Crippen LogP contribution in [0.1, 0.15) is 47.1 Å². The molecule has 5 rings (SSSR count). The lowest BCUT2D eigenvalue weighted by molar-refractivity contribution is -0.123. The number of amides is 1. The van der Waals surface area contributed by atoms with Crippen molar-refractivity contribution in [3.8, 4) is 5.69 Å². The van der Waals surface area contributed by atoms with Gasteiger partial charge in [0.25, 0.3) is 11.5 Å². The third-order valence-electron chi connectivity index (χ3n) is 6.83. The molecule has 0 saturated carbocycles. The second-order valence-corrected chi connectivity index (χ2v) is 9.11. The van der Waals surface area contributed by atoms with Crippen LogP contribution < -0.4 is 10.9 Å². The van der Waals surface area contributed by atoms with Crippen molar-refractivity contribution in [3.05, 3.63) is 87.5 Å². The fourth-order valence-electron chi connectivity index (χ4n) is 4.82. The van der Waals surface area contributed by atoms with E-state index in [2.05, 4.69) is 5.32 Å². The average molecular weight is 485 g/mol. The van der Waals surface area contributed by atoms with Crippen molar-refractivity contribution in [3.63, 3.8) is 0 Å². The number of carbonyl (C=O) groups excluding carboxylic acids is 2. The van der Waals surface area contributed by atoms with Crippen molar-refractivity contribution in [2.24, 2.45) is 7.05 Å². The summed E-state index contributed by atoms with van der Waals surface area (Å²) >= 11 is 0. The van der Waals surface area contributed by atoms with Crippen LogP contribution in [0.15, 0.2) is 59.4 Å². The van der Waals surface area contributed by atoms with Crippen molar-refractivity contribution in [2.45, 2.75) is 45.6 Å². The van der Waals surface area contributed by atoms with Gasteiger partial charge in [0.15, 0.2) is 6.10 Å². The number of benzene rings is 2. The van der Waals surface area contributed by atoms with Gasteiger partial charge in [0, 0.05) is 18.1 Å². The zero-order chi connectivity index (χ0) is 25.4. The fraction of sp³-hybridized carbons (Fsp3) is 0.286. The van der Waals surface area contributed by atoms with Gasteiger partial charge in [-0.1, -0.05) is 36.4 Å². The molecule has 1 aliphatic carbocycles. The van der Waals surface area contributed by atoms with Crippen LogP contribution >= 0.6 is 0 Å². The minimum absolute atomic E-state index is 0.154. The van der Waals surface area contributed by atoms with E-state index < -0.39 is 18.0 Å². The second kappa shape index (κ2) is 9.45. The summed E-state index contributed by atoms with van der Waals surface area (Å²) in [5.74, 6) is -1.12. The molecule has 2 heterocycles. The lowest BCUT2D eigenvalue weighted by atomic mass is 9.90. The first-order valence-electron chi connectivity index (χ1n) is 12.1. The van der Waals surface area contributed by atoms with Gasteiger partial charge in [0.05, 0.1) is 22.5 Å². The summed E-state index contributed by atoms with van der Waals surface area (Å²) in [5, 5.41) is 3.41. The molecule has 0 saturated heterocycles. The van der Waals surface area contributed by atoms with E-state index in [0.29, 0.717) is 16.9 Å². The van der Waals surface area contributed by atoms with Gasteiger partial charge in [-0.25, -0.2) is 9.48 Å². The number of aromatic nitrogens is 3. The van der Waals surface area contributed by atoms with Gasteiger partial charge in [0.1, 0.15) is 5.69 Å². The Balaban J connectivity index is 1.41. The van der Waals surface area contributed by atoms with Crippen LogP contribution in [-0.2, 0) is 29.4 Å². The maximum Gasteiger partial charge on any atom is 0.339 e. The van der Waals surface area contributed by atoms with E-state index >= 15 is 0 Å². The van der Waals surface area contributed by atoms with E-state index in [1.807, 2.05) is 54.6 Å². The highest BCUT2D eigenvalue weighted by Gasteiger charge is 2.28. The van der Waals surface area contributed by atoms with Crippen LogP contribution in [0.5, 0.6) is 0 Å². The molecule has 2 aromatic heterocycles. The quantitative estimate of drug-likeness (QED) is 0.431. The van der Waals surface area contributed by atoms with Crippen LogP contribution in [0.2, 0.25) is 0 Å². The monoisotopic (exact) mass is 484 g/mol. The van der Waals surface area contributed by atoms with E-state index in [1.165, 1.54) is 11.6 Å². The number of hydrogen-bond acceptors (Lipinski definition) is 5. The Labute approximate surface area is 208 Å². The van der Waals surface area contributed by atoms with Crippen molar-refractivity contribution in [1.29, 1.82) is 0 Å². The van der Waals surface area contributed by atoms with E-state index in [-0.39, 0.29) is 11.2 Å². The Morgan fingerprint density at radius 2 is 1.72 bits per heavy atom. The molecule has 0 spiro atoms. The molecule has 36 heavy (non-hydrogen) atoms. The minimum atomic E-state index is -1.10. The summed E-state index contributed by atoms with van der Waals surface area (Å²) in [6, 6.07) is 16.7. The van der Waals surface area contributed by atoms with Crippen molar-refractivity contribution >= 4 is 28.5 Å². The van der Waals surface area contributed by atoms with Gasteiger partial charge in [-0.2, -0.15) is 0 Å². The zero-order valence-corrected chi connectivity index (χ0v) is 20.6. The number of aryl methyl sites for hydroxylation is 1. The molecule has 2 aromatic carbocycles. The van der Waals surface area contributed by atoms with Crippen molar-refractivity contribution < 1.29 is 14.3 Å². The lowest BCUT2D eigenvalue weighted by Gasteiger charge is -2.21. The summed E-state index contributed by atoms with van der Waals surface area (Å²) in [6.07, 6.45) is 2.47. The number of fused-ring (bicyclic) bond motifs is 2. The number of ether oxygens (including phenoxy) is 1. The molecule has 8 heteroatoms. The van der Waals surface area contributed by atoms with Gasteiger partial charge < -0.3 is 10.1 Å². The van der Waals surface area contributed by atoms with Crippen molar-refractivity contribution in [2.75, 3.05) is 5.32 Å². The Morgan fingerprint density at radius 1 is 1.03 bits per heavy atom. The van der Waals surface area contributed by atoms with Crippen molar-refractivity contribution in [1.82, 2.24) is 14.3 Å². The molecule has 1 N–H and O–H groups in total. The molecule has 0 fully saturated rings. The minimum Gasteiger partial charge on any atom is -0.449 e. The Morgan fingerprint density at radius 3 is 2.50 bits per heavy atom. The molecule has 1 aliphatic rings. The van der Waals surface area contributed by atoms with Gasteiger partial charge in [0.2, 0.25) is 0 Å². The maximum absolute atomic E-state index is 13.4. The number of esters is 1. The van der Waals surface area contributed by atoms with E-state index in [9.17, 15) is 14.4 Å². The lowest BCUT2D eigenvalue weighted by Crippen LogP contribution is -2.32. The fourth-order valence-corrected chi connectivity index (χ4v) is 4.82. The summed E-state index contributed by atoms with van der Waals surface area (Å²) in [6.45, 7) is 3.26. The van der Waals surface area contributed by atoms with E-state index in [4.69, 9.17) is 9.72 Å². The molecule has 184 valence electrons. The van der Waals surface area contributed by atoms with Gasteiger partial charge in [-0.15, -0.1) is 0 Å². The second-order valence-electron chi connectivity index (χ2n) is 9.11. The molecule has 1 amide bonds. The summed E-state index contributed by atoms with van der Waals surface area (Å²) in [5.41, 5.74) is 4.11. The first kappa shape index (κ1) is 23.5. The molecule has 1 unspecified atom stereocenters. The smallest absolute Gasteiger partial charge is 0.339 e. The first-order valence-corrected chi connectivity index (χ1v) is 12.1. The number of carbonyl (C=O) groups is 2. The molecule has 0 bridgehead atoms. The van der Waals surface area contributed by atoms with E-state index in [0.717, 1.165) is 47.8 Å². The largest absolute Gasteiger partial charge is 0.449 e. The number of pyridine rings is 1. The van der Waals surface area contributed by atoms with E-state index in [1.54, 1.807) is 18.7 Å². The number of nitrogens with one attached hydrogen (secondary N) is 1.